The van der Waals surface area contributed by atoms with Crippen LogP contribution in [0.3, 0.4) is 0 Å². The molecule has 2 aliphatic heterocycles. The van der Waals surface area contributed by atoms with Gasteiger partial charge in [-0.2, -0.15) is 0 Å². The first-order valence-electron chi connectivity index (χ1n) is 5.23. The molecule has 1 saturated heterocycles. The topological polar surface area (TPSA) is 80.3 Å². The fraction of sp³-hybridized carbons (Fsp3) is 0.273. The molecule has 2 heterocycles. The van der Waals surface area contributed by atoms with Gasteiger partial charge in [-0.25, -0.2) is 14.5 Å². The van der Waals surface area contributed by atoms with Crippen LogP contribution in [0.15, 0.2) is 24.3 Å². The highest BCUT2D eigenvalue weighted by molar-refractivity contribution is 6.04. The Balaban J connectivity index is 2.00. The number of esters is 2. The number of carbonyl (C=O) groups excluding carboxylic acids is 2. The normalized spacial score (nSPS) is 21.8. The largest absolute Gasteiger partial charge is 0.408 e. The molecule has 18 heavy (non-hydrogen) atoms. The summed E-state index contributed by atoms with van der Waals surface area (Å²) in [6, 6.07) is 6.18. The second kappa shape index (κ2) is 4.05. The van der Waals surface area contributed by atoms with Gasteiger partial charge in [0, 0.05) is 0 Å². The molecule has 0 unspecified atom stereocenters. The standard InChI is InChI=1S/C11H8O7/c12-9-7-3-1-2-4-8(7)10(13)16-11(15-9)5-6-14-18-17-11/h1-4H,5-6H2. The minimum absolute atomic E-state index is 0.0263. The monoisotopic (exact) mass is 252 g/mol. The van der Waals surface area contributed by atoms with E-state index in [4.69, 9.17) is 9.47 Å². The minimum atomic E-state index is -1.88. The quantitative estimate of drug-likeness (QED) is 0.502. The Morgan fingerprint density at radius 3 is 2.11 bits per heavy atom. The number of hydrogen-bond donors (Lipinski definition) is 0. The molecule has 7 heteroatoms. The smallest absolute Gasteiger partial charge is 0.392 e. The molecule has 0 aromatic heterocycles. The van der Waals surface area contributed by atoms with Crippen molar-refractivity contribution >= 4 is 11.9 Å². The average molecular weight is 252 g/mol. The van der Waals surface area contributed by atoms with Gasteiger partial charge < -0.3 is 9.47 Å². The molecule has 94 valence electrons. The highest BCUT2D eigenvalue weighted by Gasteiger charge is 2.48. The zero-order valence-electron chi connectivity index (χ0n) is 9.08. The van der Waals surface area contributed by atoms with Crippen LogP contribution in [0.25, 0.3) is 0 Å². The van der Waals surface area contributed by atoms with E-state index < -0.39 is 17.9 Å². The second-order valence-corrected chi connectivity index (χ2v) is 3.73. The third kappa shape index (κ3) is 1.74. The first kappa shape index (κ1) is 11.1. The maximum Gasteiger partial charge on any atom is 0.408 e. The van der Waals surface area contributed by atoms with Crippen molar-refractivity contribution in [3.05, 3.63) is 35.4 Å². The average Bonchev–Trinajstić information content (AvgIpc) is 2.48. The van der Waals surface area contributed by atoms with Crippen molar-refractivity contribution in [1.29, 1.82) is 0 Å². The van der Waals surface area contributed by atoms with E-state index in [-0.39, 0.29) is 24.2 Å². The molecule has 3 rings (SSSR count). The summed E-state index contributed by atoms with van der Waals surface area (Å²) < 4.78 is 10.1. The Morgan fingerprint density at radius 1 is 1.00 bits per heavy atom. The molecule has 2 aliphatic rings. The lowest BCUT2D eigenvalue weighted by Crippen LogP contribution is -2.44. The fourth-order valence-corrected chi connectivity index (χ4v) is 1.71. The van der Waals surface area contributed by atoms with E-state index in [2.05, 4.69) is 14.8 Å². The highest BCUT2D eigenvalue weighted by atomic mass is 17.5. The number of benzene rings is 1. The number of carbonyl (C=O) groups is 2. The fourth-order valence-electron chi connectivity index (χ4n) is 1.71. The van der Waals surface area contributed by atoms with Gasteiger partial charge in [-0.3, -0.25) is 0 Å². The Morgan fingerprint density at radius 2 is 1.61 bits per heavy atom. The van der Waals surface area contributed by atoms with Crippen molar-refractivity contribution in [2.75, 3.05) is 6.61 Å². The number of fused-ring (bicyclic) bond motifs is 1. The summed E-state index contributed by atoms with van der Waals surface area (Å²) in [6.45, 7) is 0.0664. The number of ether oxygens (including phenoxy) is 2. The van der Waals surface area contributed by atoms with Gasteiger partial charge in [-0.15, -0.1) is 4.89 Å². The summed E-state index contributed by atoms with van der Waals surface area (Å²) in [7, 11) is 0. The molecule has 0 bridgehead atoms. The zero-order valence-corrected chi connectivity index (χ0v) is 9.08. The van der Waals surface area contributed by atoms with E-state index in [1.54, 1.807) is 12.1 Å². The minimum Gasteiger partial charge on any atom is -0.392 e. The van der Waals surface area contributed by atoms with Crippen molar-refractivity contribution < 1.29 is 33.9 Å². The first-order valence-corrected chi connectivity index (χ1v) is 5.23. The van der Waals surface area contributed by atoms with Crippen LogP contribution in [0.4, 0.5) is 0 Å². The van der Waals surface area contributed by atoms with Gasteiger partial charge in [-0.05, 0) is 12.1 Å². The van der Waals surface area contributed by atoms with Crippen molar-refractivity contribution in [3.8, 4) is 0 Å². The van der Waals surface area contributed by atoms with Crippen LogP contribution in [0.5, 0.6) is 0 Å². The lowest BCUT2D eigenvalue weighted by molar-refractivity contribution is -0.624. The predicted molar refractivity (Wildman–Crippen MR) is 52.7 cm³/mol. The van der Waals surface area contributed by atoms with Crippen molar-refractivity contribution in [2.24, 2.45) is 0 Å². The van der Waals surface area contributed by atoms with Crippen LogP contribution in [-0.4, -0.2) is 24.5 Å². The molecule has 1 fully saturated rings. The summed E-state index contributed by atoms with van der Waals surface area (Å²) in [5.74, 6) is -3.32. The molecule has 0 amide bonds. The Hall–Kier alpha value is -1.96. The van der Waals surface area contributed by atoms with Crippen molar-refractivity contribution in [2.45, 2.75) is 12.4 Å². The van der Waals surface area contributed by atoms with Crippen LogP contribution in [0, 0.1) is 0 Å². The second-order valence-electron chi connectivity index (χ2n) is 3.73. The molecule has 0 saturated carbocycles. The summed E-state index contributed by atoms with van der Waals surface area (Å²) in [5.41, 5.74) is 0.240. The third-order valence-corrected chi connectivity index (χ3v) is 2.56. The molecular weight excluding hydrogens is 244 g/mol. The van der Waals surface area contributed by atoms with E-state index in [0.29, 0.717) is 0 Å². The van der Waals surface area contributed by atoms with Gasteiger partial charge >= 0.3 is 17.9 Å². The molecule has 1 aromatic rings. The first-order chi connectivity index (χ1) is 8.70. The zero-order chi connectivity index (χ0) is 12.6. The van der Waals surface area contributed by atoms with Gasteiger partial charge in [0.2, 0.25) is 0 Å². The number of hydrogen-bond acceptors (Lipinski definition) is 7. The van der Waals surface area contributed by atoms with Crippen LogP contribution in [0.1, 0.15) is 27.1 Å². The summed E-state index contributed by atoms with van der Waals surface area (Å²) in [5, 5.41) is 4.26. The SMILES string of the molecule is O=C1OC2(CCOOO2)OC(=O)c2ccccc21. The van der Waals surface area contributed by atoms with Gasteiger partial charge in [-0.1, -0.05) is 17.2 Å². The van der Waals surface area contributed by atoms with Crippen LogP contribution in [0.2, 0.25) is 0 Å². The third-order valence-electron chi connectivity index (χ3n) is 2.56. The Bertz CT molecular complexity index is 465. The lowest BCUT2D eigenvalue weighted by atomic mass is 10.1. The lowest BCUT2D eigenvalue weighted by Gasteiger charge is -2.30. The maximum absolute atomic E-state index is 11.9. The molecule has 0 atom stereocenters. The van der Waals surface area contributed by atoms with Crippen molar-refractivity contribution in [3.63, 3.8) is 0 Å². The molecule has 0 N–H and O–H groups in total. The van der Waals surface area contributed by atoms with E-state index >= 15 is 0 Å². The van der Waals surface area contributed by atoms with Gasteiger partial charge in [0.15, 0.2) is 0 Å². The van der Waals surface area contributed by atoms with Crippen LogP contribution >= 0.6 is 0 Å². The molecule has 7 nitrogen and oxygen atoms in total. The van der Waals surface area contributed by atoms with Crippen LogP contribution in [-0.2, 0) is 24.3 Å². The Labute approximate surface area is 101 Å². The summed E-state index contributed by atoms with van der Waals surface area (Å²) in [4.78, 5) is 32.9. The van der Waals surface area contributed by atoms with Crippen LogP contribution < -0.4 is 0 Å². The van der Waals surface area contributed by atoms with E-state index in [1.165, 1.54) is 12.1 Å². The molecule has 1 aromatic carbocycles. The van der Waals surface area contributed by atoms with E-state index in [9.17, 15) is 9.59 Å². The van der Waals surface area contributed by atoms with Gasteiger partial charge in [0.05, 0.1) is 24.2 Å². The Kier molecular flexibility index (Phi) is 2.51. The van der Waals surface area contributed by atoms with E-state index in [1.807, 2.05) is 0 Å². The van der Waals surface area contributed by atoms with E-state index in [0.717, 1.165) is 0 Å². The summed E-state index contributed by atoms with van der Waals surface area (Å²) >= 11 is 0. The van der Waals surface area contributed by atoms with Crippen molar-refractivity contribution in [1.82, 2.24) is 0 Å². The van der Waals surface area contributed by atoms with Gasteiger partial charge in [0.1, 0.15) is 0 Å². The maximum atomic E-state index is 11.9. The molecule has 0 aliphatic carbocycles. The molecular formula is C11H8O7. The van der Waals surface area contributed by atoms with Gasteiger partial charge in [0.25, 0.3) is 0 Å². The predicted octanol–water partition coefficient (Wildman–Crippen LogP) is 0.951. The highest BCUT2D eigenvalue weighted by Crippen LogP contribution is 2.31. The molecule has 0 radical (unpaired) electrons. The summed E-state index contributed by atoms with van der Waals surface area (Å²) in [6.07, 6.45) is 0.0263. The molecule has 1 spiro atoms. The number of rotatable bonds is 0.